The van der Waals surface area contributed by atoms with Crippen LogP contribution in [-0.4, -0.2) is 25.7 Å². The molecule has 23 heavy (non-hydrogen) atoms. The van der Waals surface area contributed by atoms with Gasteiger partial charge in [-0.15, -0.1) is 0 Å². The van der Waals surface area contributed by atoms with Crippen LogP contribution in [0.2, 0.25) is 0 Å². The third kappa shape index (κ3) is 2.70. The minimum absolute atomic E-state index is 0.566. The Morgan fingerprint density at radius 3 is 2.87 bits per heavy atom. The van der Waals surface area contributed by atoms with E-state index in [1.165, 1.54) is 35.2 Å². The van der Waals surface area contributed by atoms with Crippen LogP contribution in [-0.2, 0) is 0 Å². The Balaban J connectivity index is 1.77. The van der Waals surface area contributed by atoms with Gasteiger partial charge in [-0.25, -0.2) is 0 Å². The van der Waals surface area contributed by atoms with Crippen molar-refractivity contribution < 1.29 is 4.74 Å². The van der Waals surface area contributed by atoms with E-state index in [0.717, 1.165) is 18.8 Å². The van der Waals surface area contributed by atoms with Gasteiger partial charge in [-0.1, -0.05) is 24.3 Å². The van der Waals surface area contributed by atoms with Gasteiger partial charge in [-0.3, -0.25) is 0 Å². The van der Waals surface area contributed by atoms with Gasteiger partial charge in [0.15, 0.2) is 0 Å². The van der Waals surface area contributed by atoms with Crippen LogP contribution in [0.3, 0.4) is 0 Å². The fraction of sp³-hybridized carbons (Fsp3) is 0.400. The molecule has 0 spiro atoms. The van der Waals surface area contributed by atoms with Crippen LogP contribution < -0.4 is 15.4 Å². The molecule has 0 bridgehead atoms. The second kappa shape index (κ2) is 6.25. The normalized spacial score (nSPS) is 22.7. The van der Waals surface area contributed by atoms with Gasteiger partial charge in [0, 0.05) is 17.6 Å². The summed E-state index contributed by atoms with van der Waals surface area (Å²) in [6.07, 6.45) is 2.39. The summed E-state index contributed by atoms with van der Waals surface area (Å²) in [7, 11) is 0. The Morgan fingerprint density at radius 1 is 1.09 bits per heavy atom. The largest absolute Gasteiger partial charge is 0.494 e. The molecule has 2 aromatic rings. The molecule has 120 valence electrons. The summed E-state index contributed by atoms with van der Waals surface area (Å²) < 4.78 is 5.69. The molecule has 1 fully saturated rings. The van der Waals surface area contributed by atoms with Crippen molar-refractivity contribution in [3.05, 3.63) is 48.0 Å². The molecule has 0 saturated carbocycles. The van der Waals surface area contributed by atoms with Crippen molar-refractivity contribution in [3.63, 3.8) is 0 Å². The first-order valence-electron chi connectivity index (χ1n) is 8.70. The topological polar surface area (TPSA) is 33.3 Å². The third-order valence-electron chi connectivity index (χ3n) is 5.02. The fourth-order valence-corrected chi connectivity index (χ4v) is 4.02. The predicted molar refractivity (Wildman–Crippen MR) is 95.3 cm³/mol. The lowest BCUT2D eigenvalue weighted by Crippen LogP contribution is -2.21. The van der Waals surface area contributed by atoms with E-state index in [4.69, 9.17) is 4.74 Å². The number of hydrogen-bond acceptors (Lipinski definition) is 3. The quantitative estimate of drug-likeness (QED) is 0.898. The monoisotopic (exact) mass is 308 g/mol. The highest BCUT2D eigenvalue weighted by molar-refractivity contribution is 5.78. The molecule has 0 radical (unpaired) electrons. The maximum absolute atomic E-state index is 5.69. The first-order valence-corrected chi connectivity index (χ1v) is 8.70. The lowest BCUT2D eigenvalue weighted by Gasteiger charge is -2.18. The van der Waals surface area contributed by atoms with Gasteiger partial charge in [0.25, 0.3) is 0 Å². The molecule has 0 amide bonds. The van der Waals surface area contributed by atoms with Crippen LogP contribution in [0.25, 0.3) is 11.1 Å². The third-order valence-corrected chi connectivity index (χ3v) is 5.02. The van der Waals surface area contributed by atoms with Crippen LogP contribution in [0.15, 0.2) is 42.5 Å². The summed E-state index contributed by atoms with van der Waals surface area (Å²) in [4.78, 5) is 0. The van der Waals surface area contributed by atoms with Gasteiger partial charge < -0.3 is 15.4 Å². The molecule has 2 atom stereocenters. The van der Waals surface area contributed by atoms with E-state index in [9.17, 15) is 0 Å². The van der Waals surface area contributed by atoms with E-state index in [1.54, 1.807) is 0 Å². The number of fused-ring (bicyclic) bond motifs is 3. The number of anilines is 1. The fourth-order valence-electron chi connectivity index (χ4n) is 4.02. The number of nitrogens with one attached hydrogen (secondary N) is 2. The Bertz CT molecular complexity index is 698. The minimum Gasteiger partial charge on any atom is -0.494 e. The molecule has 3 heteroatoms. The Morgan fingerprint density at radius 2 is 1.96 bits per heavy atom. The number of rotatable bonds is 3. The van der Waals surface area contributed by atoms with Gasteiger partial charge in [0.05, 0.1) is 6.61 Å². The summed E-state index contributed by atoms with van der Waals surface area (Å²) in [5.74, 6) is 1.56. The summed E-state index contributed by atoms with van der Waals surface area (Å²) in [5, 5.41) is 7.29. The molecule has 2 aliphatic rings. The minimum atomic E-state index is 0.566. The molecule has 2 aromatic carbocycles. The first kappa shape index (κ1) is 14.6. The molecule has 2 aliphatic heterocycles. The van der Waals surface area contributed by atoms with E-state index in [0.29, 0.717) is 18.6 Å². The van der Waals surface area contributed by atoms with Crippen molar-refractivity contribution in [3.8, 4) is 16.9 Å². The Hall–Kier alpha value is -2.00. The highest BCUT2D eigenvalue weighted by Gasteiger charge is 2.34. The summed E-state index contributed by atoms with van der Waals surface area (Å²) >= 11 is 0. The SMILES string of the molecule is CCOc1cccc(-c2cccc3c2C2CCNCCC2N3)c1. The maximum atomic E-state index is 5.69. The average Bonchev–Trinajstić information content (AvgIpc) is 2.77. The highest BCUT2D eigenvalue weighted by atomic mass is 16.5. The van der Waals surface area contributed by atoms with Crippen LogP contribution >= 0.6 is 0 Å². The Kier molecular flexibility index (Phi) is 3.96. The van der Waals surface area contributed by atoms with Gasteiger partial charge in [0.1, 0.15) is 5.75 Å². The molecular formula is C20H24N2O. The first-order chi connectivity index (χ1) is 11.4. The summed E-state index contributed by atoms with van der Waals surface area (Å²) in [6.45, 7) is 4.95. The van der Waals surface area contributed by atoms with Crippen molar-refractivity contribution in [2.45, 2.75) is 31.7 Å². The van der Waals surface area contributed by atoms with Crippen LogP contribution in [0.1, 0.15) is 31.2 Å². The molecule has 2 heterocycles. The lowest BCUT2D eigenvalue weighted by atomic mass is 9.86. The van der Waals surface area contributed by atoms with Gasteiger partial charge >= 0.3 is 0 Å². The van der Waals surface area contributed by atoms with Crippen molar-refractivity contribution in [2.24, 2.45) is 0 Å². The summed E-state index contributed by atoms with van der Waals surface area (Å²) in [5.41, 5.74) is 5.43. The van der Waals surface area contributed by atoms with Crippen molar-refractivity contribution >= 4 is 5.69 Å². The molecule has 2 unspecified atom stereocenters. The standard InChI is InChI=1S/C20H24N2O/c1-2-23-15-6-3-5-14(13-15)16-7-4-8-19-20(16)17-9-11-21-12-10-18(17)22-19/h3-8,13,17-18,21-22H,2,9-12H2,1H3. The van der Waals surface area contributed by atoms with E-state index >= 15 is 0 Å². The zero-order valence-corrected chi connectivity index (χ0v) is 13.6. The number of ether oxygens (including phenoxy) is 1. The molecule has 4 rings (SSSR count). The van der Waals surface area contributed by atoms with Crippen LogP contribution in [0, 0.1) is 0 Å². The average molecular weight is 308 g/mol. The Labute approximate surface area is 138 Å². The van der Waals surface area contributed by atoms with Gasteiger partial charge in [-0.2, -0.15) is 0 Å². The summed E-state index contributed by atoms with van der Waals surface area (Å²) in [6, 6.07) is 15.7. The smallest absolute Gasteiger partial charge is 0.119 e. The molecule has 0 aliphatic carbocycles. The second-order valence-corrected chi connectivity index (χ2v) is 6.41. The molecule has 1 saturated heterocycles. The maximum Gasteiger partial charge on any atom is 0.119 e. The number of hydrogen-bond donors (Lipinski definition) is 2. The van der Waals surface area contributed by atoms with Crippen LogP contribution in [0.5, 0.6) is 5.75 Å². The van der Waals surface area contributed by atoms with E-state index in [2.05, 4.69) is 47.0 Å². The van der Waals surface area contributed by atoms with Crippen molar-refractivity contribution in [2.75, 3.05) is 25.0 Å². The molecule has 2 N–H and O–H groups in total. The lowest BCUT2D eigenvalue weighted by molar-refractivity contribution is 0.340. The van der Waals surface area contributed by atoms with Crippen LogP contribution in [0.4, 0.5) is 5.69 Å². The van der Waals surface area contributed by atoms with Crippen molar-refractivity contribution in [1.29, 1.82) is 0 Å². The zero-order valence-electron chi connectivity index (χ0n) is 13.6. The van der Waals surface area contributed by atoms with E-state index in [1.807, 2.05) is 13.0 Å². The van der Waals surface area contributed by atoms with Gasteiger partial charge in [0.2, 0.25) is 0 Å². The zero-order chi connectivity index (χ0) is 15.6. The van der Waals surface area contributed by atoms with E-state index < -0.39 is 0 Å². The molecule has 0 aromatic heterocycles. The van der Waals surface area contributed by atoms with Gasteiger partial charge in [-0.05, 0) is 67.7 Å². The predicted octanol–water partition coefficient (Wildman–Crippen LogP) is 4.01. The number of benzene rings is 2. The second-order valence-electron chi connectivity index (χ2n) is 6.41. The van der Waals surface area contributed by atoms with E-state index in [-0.39, 0.29) is 0 Å². The molecular weight excluding hydrogens is 284 g/mol. The van der Waals surface area contributed by atoms with Crippen molar-refractivity contribution in [1.82, 2.24) is 5.32 Å². The molecule has 3 nitrogen and oxygen atoms in total. The highest BCUT2D eigenvalue weighted by Crippen LogP contribution is 2.45.